The van der Waals surface area contributed by atoms with Crippen LogP contribution in [0.4, 0.5) is 10.5 Å². The van der Waals surface area contributed by atoms with E-state index in [1.807, 2.05) is 6.07 Å². The average Bonchev–Trinajstić information content (AvgIpc) is 2.66. The molecule has 154 valence electrons. The lowest BCUT2D eigenvalue weighted by Gasteiger charge is -2.29. The Morgan fingerprint density at radius 3 is 2.43 bits per heavy atom. The van der Waals surface area contributed by atoms with E-state index in [2.05, 4.69) is 22.9 Å². The molecular weight excluding hydrogens is 358 g/mol. The smallest absolute Gasteiger partial charge is 0.329 e. The van der Waals surface area contributed by atoms with E-state index in [9.17, 15) is 14.4 Å². The first-order valence-electron chi connectivity index (χ1n) is 9.95. The second-order valence-electron chi connectivity index (χ2n) is 7.73. The van der Waals surface area contributed by atoms with Crippen LogP contribution in [-0.4, -0.2) is 36.6 Å². The van der Waals surface area contributed by atoms with Crippen LogP contribution < -0.4 is 16.0 Å². The number of hydrogen-bond donors (Lipinski definition) is 3. The molecule has 1 aromatic rings. The lowest BCUT2D eigenvalue weighted by molar-refractivity contribution is -0.151. The van der Waals surface area contributed by atoms with Gasteiger partial charge >= 0.3 is 12.0 Å². The quantitative estimate of drug-likeness (QED) is 0.625. The molecule has 1 saturated carbocycles. The summed E-state index contributed by atoms with van der Waals surface area (Å²) >= 11 is 0. The number of esters is 1. The van der Waals surface area contributed by atoms with E-state index < -0.39 is 18.0 Å². The van der Waals surface area contributed by atoms with Crippen molar-refractivity contribution in [3.05, 3.63) is 30.3 Å². The van der Waals surface area contributed by atoms with Crippen molar-refractivity contribution >= 4 is 23.6 Å². The molecule has 0 unspecified atom stereocenters. The highest BCUT2D eigenvalue weighted by molar-refractivity contribution is 5.93. The molecule has 28 heavy (non-hydrogen) atoms. The fourth-order valence-corrected chi connectivity index (χ4v) is 3.33. The van der Waals surface area contributed by atoms with Crippen LogP contribution in [0.25, 0.3) is 0 Å². The first-order valence-corrected chi connectivity index (χ1v) is 9.95. The Morgan fingerprint density at radius 1 is 1.11 bits per heavy atom. The van der Waals surface area contributed by atoms with Crippen LogP contribution in [0.1, 0.15) is 46.5 Å². The molecule has 3 amide bonds. The number of nitrogens with one attached hydrogen (secondary N) is 3. The third kappa shape index (κ3) is 6.87. The highest BCUT2D eigenvalue weighted by Crippen LogP contribution is 2.23. The summed E-state index contributed by atoms with van der Waals surface area (Å²) in [7, 11) is 0. The summed E-state index contributed by atoms with van der Waals surface area (Å²) in [5.41, 5.74) is 0.622. The van der Waals surface area contributed by atoms with Crippen LogP contribution in [-0.2, 0) is 14.3 Å². The number of rotatable bonds is 7. The van der Waals surface area contributed by atoms with Gasteiger partial charge in [-0.05, 0) is 36.8 Å². The monoisotopic (exact) mass is 389 g/mol. The van der Waals surface area contributed by atoms with Gasteiger partial charge in [-0.15, -0.1) is 0 Å². The number of benzene rings is 1. The van der Waals surface area contributed by atoms with Crippen LogP contribution >= 0.6 is 0 Å². The largest absolute Gasteiger partial charge is 0.454 e. The number of anilines is 1. The molecule has 0 bridgehead atoms. The Bertz CT molecular complexity index is 663. The summed E-state index contributed by atoms with van der Waals surface area (Å²) in [6.45, 7) is 5.39. The number of carbonyl (C=O) groups is 3. The molecule has 0 aliphatic heterocycles. The molecule has 2 rings (SSSR count). The fourth-order valence-electron chi connectivity index (χ4n) is 3.33. The molecule has 1 aliphatic carbocycles. The maximum atomic E-state index is 12.4. The molecule has 0 aromatic heterocycles. The highest BCUT2D eigenvalue weighted by Gasteiger charge is 2.27. The van der Waals surface area contributed by atoms with Crippen molar-refractivity contribution in [2.75, 3.05) is 11.9 Å². The Morgan fingerprint density at radius 2 is 1.79 bits per heavy atom. The van der Waals surface area contributed by atoms with Gasteiger partial charge in [-0.3, -0.25) is 4.79 Å². The number of carbonyl (C=O) groups excluding carboxylic acids is 3. The van der Waals surface area contributed by atoms with Crippen molar-refractivity contribution in [1.29, 1.82) is 0 Å². The van der Waals surface area contributed by atoms with Gasteiger partial charge in [-0.2, -0.15) is 0 Å². The summed E-state index contributed by atoms with van der Waals surface area (Å²) in [5.74, 6) is -0.677. The number of hydrogen-bond acceptors (Lipinski definition) is 4. The maximum absolute atomic E-state index is 12.4. The standard InChI is InChI=1S/C21H31N3O4/c1-14(2)19(24-21(27)22-16-10-5-4-6-11-16)20(26)28-13-18(25)23-17-12-8-7-9-15(17)3/h4-6,10-11,14-15,17,19H,7-9,12-13H2,1-3H3,(H,23,25)(H2,22,24,27)/t15-,17+,19+/m0/s1. The highest BCUT2D eigenvalue weighted by atomic mass is 16.5. The molecule has 0 spiro atoms. The zero-order valence-corrected chi connectivity index (χ0v) is 16.9. The van der Waals surface area contributed by atoms with Gasteiger partial charge in [0, 0.05) is 11.7 Å². The SMILES string of the molecule is CC(C)[C@@H](NC(=O)Nc1ccccc1)C(=O)OCC(=O)N[C@@H]1CCCC[C@@H]1C. The molecule has 0 heterocycles. The Kier molecular flexibility index (Phi) is 8.29. The van der Waals surface area contributed by atoms with Crippen LogP contribution in [0.5, 0.6) is 0 Å². The summed E-state index contributed by atoms with van der Waals surface area (Å²) in [5, 5.41) is 8.24. The maximum Gasteiger partial charge on any atom is 0.329 e. The van der Waals surface area contributed by atoms with E-state index in [-0.39, 0.29) is 24.5 Å². The molecule has 0 radical (unpaired) electrons. The summed E-state index contributed by atoms with van der Waals surface area (Å²) in [6, 6.07) is 7.74. The minimum Gasteiger partial charge on any atom is -0.454 e. The van der Waals surface area contributed by atoms with E-state index >= 15 is 0 Å². The third-order valence-corrected chi connectivity index (χ3v) is 5.04. The van der Waals surface area contributed by atoms with Gasteiger partial charge in [0.1, 0.15) is 6.04 Å². The van der Waals surface area contributed by atoms with Gasteiger partial charge in [-0.25, -0.2) is 9.59 Å². The van der Waals surface area contributed by atoms with Gasteiger partial charge in [0.05, 0.1) is 0 Å². The van der Waals surface area contributed by atoms with Gasteiger partial charge in [0.2, 0.25) is 0 Å². The first kappa shape index (κ1) is 21.7. The zero-order valence-electron chi connectivity index (χ0n) is 16.9. The predicted octanol–water partition coefficient (Wildman–Crippen LogP) is 3.07. The molecular formula is C21H31N3O4. The Labute approximate surface area is 166 Å². The molecule has 3 N–H and O–H groups in total. The number of urea groups is 1. The van der Waals surface area contributed by atoms with Crippen LogP contribution in [0.3, 0.4) is 0 Å². The Balaban J connectivity index is 1.81. The van der Waals surface area contributed by atoms with Crippen LogP contribution in [0.2, 0.25) is 0 Å². The molecule has 7 nitrogen and oxygen atoms in total. The molecule has 1 aliphatic rings. The van der Waals surface area contributed by atoms with Crippen molar-refractivity contribution in [1.82, 2.24) is 10.6 Å². The van der Waals surface area contributed by atoms with E-state index in [4.69, 9.17) is 4.74 Å². The summed E-state index contributed by atoms with van der Waals surface area (Å²) in [6.07, 6.45) is 4.34. The zero-order chi connectivity index (χ0) is 20.5. The molecule has 1 fully saturated rings. The first-order chi connectivity index (χ1) is 13.4. The summed E-state index contributed by atoms with van der Waals surface area (Å²) in [4.78, 5) is 36.7. The molecule has 1 aromatic carbocycles. The van der Waals surface area contributed by atoms with E-state index in [0.717, 1.165) is 19.3 Å². The van der Waals surface area contributed by atoms with Gasteiger partial charge < -0.3 is 20.7 Å². The van der Waals surface area contributed by atoms with Crippen molar-refractivity contribution in [2.24, 2.45) is 11.8 Å². The Hall–Kier alpha value is -2.57. The van der Waals surface area contributed by atoms with Crippen LogP contribution in [0.15, 0.2) is 30.3 Å². The molecule has 3 atom stereocenters. The lowest BCUT2D eigenvalue weighted by atomic mass is 9.86. The number of ether oxygens (including phenoxy) is 1. The molecule has 0 saturated heterocycles. The van der Waals surface area contributed by atoms with Gasteiger partial charge in [0.25, 0.3) is 5.91 Å². The second kappa shape index (κ2) is 10.7. The second-order valence-corrected chi connectivity index (χ2v) is 7.73. The van der Waals surface area contributed by atoms with Crippen molar-refractivity contribution in [2.45, 2.75) is 58.5 Å². The van der Waals surface area contributed by atoms with Gasteiger partial charge in [0.15, 0.2) is 6.61 Å². The van der Waals surface area contributed by atoms with Crippen molar-refractivity contribution in [3.63, 3.8) is 0 Å². The third-order valence-electron chi connectivity index (χ3n) is 5.04. The van der Waals surface area contributed by atoms with Crippen molar-refractivity contribution in [3.8, 4) is 0 Å². The van der Waals surface area contributed by atoms with Crippen LogP contribution in [0, 0.1) is 11.8 Å². The summed E-state index contributed by atoms with van der Waals surface area (Å²) < 4.78 is 5.16. The normalized spacial score (nSPS) is 20.1. The minimum absolute atomic E-state index is 0.135. The van der Waals surface area contributed by atoms with E-state index in [1.165, 1.54) is 6.42 Å². The van der Waals surface area contributed by atoms with E-state index in [1.54, 1.807) is 38.1 Å². The fraction of sp³-hybridized carbons (Fsp3) is 0.571. The molecule has 7 heteroatoms. The average molecular weight is 389 g/mol. The van der Waals surface area contributed by atoms with Crippen molar-refractivity contribution < 1.29 is 19.1 Å². The lowest BCUT2D eigenvalue weighted by Crippen LogP contribution is -2.48. The minimum atomic E-state index is -0.842. The predicted molar refractivity (Wildman–Crippen MR) is 108 cm³/mol. The number of para-hydroxylation sites is 1. The van der Waals surface area contributed by atoms with E-state index in [0.29, 0.717) is 11.6 Å². The number of amides is 3. The van der Waals surface area contributed by atoms with Gasteiger partial charge in [-0.1, -0.05) is 51.8 Å². The topological polar surface area (TPSA) is 96.5 Å².